The Morgan fingerprint density at radius 3 is 2.74 bits per heavy atom. The lowest BCUT2D eigenvalue weighted by Crippen LogP contribution is -2.41. The molecule has 1 aliphatic heterocycles. The van der Waals surface area contributed by atoms with Crippen LogP contribution in [-0.2, 0) is 9.47 Å². The largest absolute Gasteiger partial charge is 0.378 e. The molecule has 0 N–H and O–H groups in total. The van der Waals surface area contributed by atoms with Crippen LogP contribution in [0.2, 0.25) is 0 Å². The van der Waals surface area contributed by atoms with E-state index in [0.29, 0.717) is 38.3 Å². The summed E-state index contributed by atoms with van der Waals surface area (Å²) in [5, 5.41) is 0. The van der Waals surface area contributed by atoms with E-state index in [9.17, 15) is 4.79 Å². The number of benzene rings is 1. The maximum atomic E-state index is 12.6. The fraction of sp³-hybridized carbons (Fsp3) is 0.467. The van der Waals surface area contributed by atoms with Gasteiger partial charge in [0, 0.05) is 25.8 Å². The molecule has 1 fully saturated rings. The lowest BCUT2D eigenvalue weighted by molar-refractivity contribution is 0.0297. The fourth-order valence-corrected chi connectivity index (χ4v) is 2.31. The van der Waals surface area contributed by atoms with Crippen LogP contribution in [0.15, 0.2) is 24.3 Å². The number of carbonyl (C=O) groups is 1. The van der Waals surface area contributed by atoms with E-state index in [4.69, 9.17) is 9.47 Å². The van der Waals surface area contributed by atoms with E-state index in [1.165, 1.54) is 0 Å². The zero-order valence-electron chi connectivity index (χ0n) is 11.3. The van der Waals surface area contributed by atoms with Crippen LogP contribution in [-0.4, -0.2) is 44.2 Å². The molecule has 19 heavy (non-hydrogen) atoms. The molecule has 1 radical (unpaired) electrons. The Kier molecular flexibility index (Phi) is 4.93. The summed E-state index contributed by atoms with van der Waals surface area (Å²) in [4.78, 5) is 14.4. The quantitative estimate of drug-likeness (QED) is 0.834. The number of rotatable bonds is 4. The molecular weight excluding hydrogens is 242 g/mol. The van der Waals surface area contributed by atoms with Gasteiger partial charge in [0.15, 0.2) is 0 Å². The van der Waals surface area contributed by atoms with Crippen molar-refractivity contribution >= 4 is 5.91 Å². The SMILES string of the molecule is [CH2]CC(OC)c1ccccc1C(=O)N1CCOCC1. The number of hydrogen-bond acceptors (Lipinski definition) is 3. The Morgan fingerprint density at radius 2 is 2.11 bits per heavy atom. The van der Waals surface area contributed by atoms with E-state index in [1.807, 2.05) is 29.2 Å². The first kappa shape index (κ1) is 14.0. The normalized spacial score (nSPS) is 17.3. The minimum absolute atomic E-state index is 0.0504. The summed E-state index contributed by atoms with van der Waals surface area (Å²) in [6.07, 6.45) is 0.463. The van der Waals surface area contributed by atoms with Crippen molar-refractivity contribution in [3.8, 4) is 0 Å². The van der Waals surface area contributed by atoms with Gasteiger partial charge in [-0.25, -0.2) is 0 Å². The third-order valence-electron chi connectivity index (χ3n) is 3.38. The Bertz CT molecular complexity index is 423. The molecule has 1 aromatic carbocycles. The van der Waals surface area contributed by atoms with Crippen LogP contribution in [0, 0.1) is 6.92 Å². The lowest BCUT2D eigenvalue weighted by Gasteiger charge is -2.28. The first-order valence-electron chi connectivity index (χ1n) is 6.56. The van der Waals surface area contributed by atoms with E-state index in [0.717, 1.165) is 5.56 Å². The number of methoxy groups -OCH3 is 1. The number of hydrogen-bond donors (Lipinski definition) is 0. The third kappa shape index (κ3) is 3.14. The molecule has 0 bridgehead atoms. The van der Waals surface area contributed by atoms with Crippen LogP contribution in [0.1, 0.15) is 28.4 Å². The summed E-state index contributed by atoms with van der Waals surface area (Å²) in [6, 6.07) is 7.60. The van der Waals surface area contributed by atoms with E-state index in [1.54, 1.807) is 7.11 Å². The summed E-state index contributed by atoms with van der Waals surface area (Å²) in [6.45, 7) is 6.39. The summed E-state index contributed by atoms with van der Waals surface area (Å²) in [5.74, 6) is 0.0504. The summed E-state index contributed by atoms with van der Waals surface area (Å²) in [5.41, 5.74) is 1.62. The van der Waals surface area contributed by atoms with Crippen molar-refractivity contribution in [1.82, 2.24) is 4.90 Å². The van der Waals surface area contributed by atoms with Crippen molar-refractivity contribution in [2.75, 3.05) is 33.4 Å². The number of carbonyl (C=O) groups excluding carboxylic acids is 1. The average Bonchev–Trinajstić information content (AvgIpc) is 2.49. The second kappa shape index (κ2) is 6.68. The van der Waals surface area contributed by atoms with Gasteiger partial charge in [0.2, 0.25) is 0 Å². The molecule has 1 heterocycles. The molecule has 1 aliphatic rings. The molecule has 103 valence electrons. The van der Waals surface area contributed by atoms with Gasteiger partial charge in [-0.05, 0) is 18.1 Å². The van der Waals surface area contributed by atoms with Crippen molar-refractivity contribution < 1.29 is 14.3 Å². The molecule has 1 aromatic rings. The Labute approximate surface area is 114 Å². The second-order valence-corrected chi connectivity index (χ2v) is 4.50. The smallest absolute Gasteiger partial charge is 0.254 e. The van der Waals surface area contributed by atoms with Gasteiger partial charge < -0.3 is 14.4 Å². The maximum absolute atomic E-state index is 12.6. The Hall–Kier alpha value is -1.39. The van der Waals surface area contributed by atoms with Gasteiger partial charge in [0.25, 0.3) is 5.91 Å². The van der Waals surface area contributed by atoms with Gasteiger partial charge in [0.05, 0.1) is 19.3 Å². The van der Waals surface area contributed by atoms with Gasteiger partial charge in [-0.2, -0.15) is 0 Å². The topological polar surface area (TPSA) is 38.8 Å². The van der Waals surface area contributed by atoms with Crippen molar-refractivity contribution in [1.29, 1.82) is 0 Å². The predicted octanol–water partition coefficient (Wildman–Crippen LogP) is 2.07. The average molecular weight is 262 g/mol. The minimum atomic E-state index is -0.138. The van der Waals surface area contributed by atoms with Crippen LogP contribution < -0.4 is 0 Å². The molecule has 4 nitrogen and oxygen atoms in total. The first-order valence-corrected chi connectivity index (χ1v) is 6.56. The molecule has 1 saturated heterocycles. The fourth-order valence-electron chi connectivity index (χ4n) is 2.31. The molecule has 0 saturated carbocycles. The summed E-state index contributed by atoms with van der Waals surface area (Å²) < 4.78 is 10.7. The molecule has 0 aromatic heterocycles. The van der Waals surface area contributed by atoms with Gasteiger partial charge in [-0.15, -0.1) is 0 Å². The summed E-state index contributed by atoms with van der Waals surface area (Å²) in [7, 11) is 1.64. The van der Waals surface area contributed by atoms with Crippen LogP contribution in [0.5, 0.6) is 0 Å². The first-order chi connectivity index (χ1) is 9.27. The maximum Gasteiger partial charge on any atom is 0.254 e. The molecule has 0 spiro atoms. The van der Waals surface area contributed by atoms with E-state index >= 15 is 0 Å². The van der Waals surface area contributed by atoms with Crippen molar-refractivity contribution in [3.63, 3.8) is 0 Å². The highest BCUT2D eigenvalue weighted by Crippen LogP contribution is 2.25. The summed E-state index contributed by atoms with van der Waals surface area (Å²) >= 11 is 0. The van der Waals surface area contributed by atoms with Gasteiger partial charge in [-0.1, -0.05) is 25.1 Å². The van der Waals surface area contributed by atoms with Crippen molar-refractivity contribution in [2.24, 2.45) is 0 Å². The molecule has 1 amide bonds. The monoisotopic (exact) mass is 262 g/mol. The zero-order chi connectivity index (χ0) is 13.7. The second-order valence-electron chi connectivity index (χ2n) is 4.50. The van der Waals surface area contributed by atoms with Crippen molar-refractivity contribution in [2.45, 2.75) is 12.5 Å². The Morgan fingerprint density at radius 1 is 1.42 bits per heavy atom. The molecule has 2 rings (SSSR count). The standard InChI is InChI=1S/C15H20NO3/c1-3-14(18-2)12-6-4-5-7-13(12)15(17)16-8-10-19-11-9-16/h4-7,14H,1,3,8-11H2,2H3. The van der Waals surface area contributed by atoms with Crippen LogP contribution in [0.4, 0.5) is 0 Å². The number of nitrogens with zero attached hydrogens (tertiary/aromatic N) is 1. The van der Waals surface area contributed by atoms with Gasteiger partial charge in [-0.3, -0.25) is 4.79 Å². The molecular formula is C15H20NO3. The van der Waals surface area contributed by atoms with Gasteiger partial charge >= 0.3 is 0 Å². The predicted molar refractivity (Wildman–Crippen MR) is 72.9 cm³/mol. The highest BCUT2D eigenvalue weighted by Gasteiger charge is 2.23. The highest BCUT2D eigenvalue weighted by molar-refractivity contribution is 5.95. The van der Waals surface area contributed by atoms with E-state index in [2.05, 4.69) is 6.92 Å². The van der Waals surface area contributed by atoms with Crippen LogP contribution in [0.25, 0.3) is 0 Å². The zero-order valence-corrected chi connectivity index (χ0v) is 11.3. The number of morpholine rings is 1. The number of amides is 1. The number of ether oxygens (including phenoxy) is 2. The van der Waals surface area contributed by atoms with Gasteiger partial charge in [0.1, 0.15) is 0 Å². The molecule has 1 unspecified atom stereocenters. The van der Waals surface area contributed by atoms with E-state index in [-0.39, 0.29) is 12.0 Å². The van der Waals surface area contributed by atoms with E-state index < -0.39 is 0 Å². The molecule has 0 aliphatic carbocycles. The minimum Gasteiger partial charge on any atom is -0.378 e. The van der Waals surface area contributed by atoms with Crippen molar-refractivity contribution in [3.05, 3.63) is 42.3 Å². The van der Waals surface area contributed by atoms with Crippen LogP contribution in [0.3, 0.4) is 0 Å². The molecule has 4 heteroatoms. The molecule has 1 atom stereocenters. The third-order valence-corrected chi connectivity index (χ3v) is 3.38. The van der Waals surface area contributed by atoms with Crippen LogP contribution >= 0.6 is 0 Å². The highest BCUT2D eigenvalue weighted by atomic mass is 16.5. The lowest BCUT2D eigenvalue weighted by atomic mass is 9.99. The Balaban J connectivity index is 2.25.